The van der Waals surface area contributed by atoms with Crippen LogP contribution < -0.4 is 10.6 Å². The zero-order valence-electron chi connectivity index (χ0n) is 19.4. The number of halogens is 1. The Morgan fingerprint density at radius 3 is 2.38 bits per heavy atom. The Hall–Kier alpha value is -2.41. The monoisotopic (exact) mass is 566 g/mol. The Morgan fingerprint density at radius 1 is 1.12 bits per heavy atom. The highest BCUT2D eigenvalue weighted by atomic mass is 79.9. The van der Waals surface area contributed by atoms with Gasteiger partial charge in [-0.2, -0.15) is 13.4 Å². The van der Waals surface area contributed by atoms with Crippen molar-refractivity contribution >= 4 is 54.1 Å². The molecular weight excluding hydrogens is 540 g/mol. The molecule has 0 aliphatic carbocycles. The van der Waals surface area contributed by atoms with Crippen LogP contribution in [0.2, 0.25) is 0 Å². The van der Waals surface area contributed by atoms with Crippen LogP contribution in [0.4, 0.5) is 17.5 Å². The van der Waals surface area contributed by atoms with Crippen LogP contribution >= 0.6 is 15.9 Å². The average molecular weight is 568 g/mol. The molecule has 0 radical (unpaired) electrons. The number of nitrogens with zero attached hydrogens (tertiary/aromatic N) is 4. The minimum atomic E-state index is -3.85. The maximum absolute atomic E-state index is 12.6. The molecule has 34 heavy (non-hydrogen) atoms. The van der Waals surface area contributed by atoms with Crippen LogP contribution in [0.3, 0.4) is 0 Å². The van der Waals surface area contributed by atoms with E-state index in [-0.39, 0.29) is 11.1 Å². The fourth-order valence-electron chi connectivity index (χ4n) is 2.61. The van der Waals surface area contributed by atoms with Crippen LogP contribution in [0.1, 0.15) is 26.3 Å². The summed E-state index contributed by atoms with van der Waals surface area (Å²) in [5.41, 5.74) is 0.675. The predicted molar refractivity (Wildman–Crippen MR) is 139 cm³/mol. The second-order valence-corrected chi connectivity index (χ2v) is 12.5. The summed E-state index contributed by atoms with van der Waals surface area (Å²) in [7, 11) is -4.74. The number of hydrogen-bond donors (Lipinski definition) is 3. The normalized spacial score (nSPS) is 14.0. The van der Waals surface area contributed by atoms with Crippen molar-refractivity contribution in [2.45, 2.75) is 49.3 Å². The first-order valence-electron chi connectivity index (χ1n) is 10.3. The van der Waals surface area contributed by atoms with Crippen molar-refractivity contribution < 1.29 is 13.5 Å². The van der Waals surface area contributed by atoms with Gasteiger partial charge in [-0.05, 0) is 85.8 Å². The van der Waals surface area contributed by atoms with Crippen molar-refractivity contribution in [2.75, 3.05) is 16.9 Å². The van der Waals surface area contributed by atoms with Crippen LogP contribution in [0.15, 0.2) is 67.0 Å². The maximum atomic E-state index is 12.6. The summed E-state index contributed by atoms with van der Waals surface area (Å²) in [4.78, 5) is 13.5. The molecule has 3 aromatic rings. The summed E-state index contributed by atoms with van der Waals surface area (Å²) in [6.45, 7) is 7.14. The number of aryl methyl sites for hydroxylation is 1. The van der Waals surface area contributed by atoms with Crippen molar-refractivity contribution in [2.24, 2.45) is 3.77 Å². The topological polar surface area (TPSA) is 129 Å². The fourth-order valence-corrected chi connectivity index (χ4v) is 5.70. The molecule has 9 nitrogen and oxygen atoms in total. The van der Waals surface area contributed by atoms with E-state index in [0.29, 0.717) is 16.2 Å². The Morgan fingerprint density at radius 2 is 1.79 bits per heavy atom. The van der Waals surface area contributed by atoms with Crippen LogP contribution in [0, 0.1) is 6.92 Å². The van der Waals surface area contributed by atoms with Gasteiger partial charge in [0.25, 0.3) is 0 Å². The third kappa shape index (κ3) is 6.81. The van der Waals surface area contributed by atoms with E-state index >= 15 is 0 Å². The Kier molecular flexibility index (Phi) is 8.06. The molecule has 0 aliphatic heterocycles. The lowest BCUT2D eigenvalue weighted by molar-refractivity contribution is 0.0647. The van der Waals surface area contributed by atoms with E-state index in [2.05, 4.69) is 45.3 Å². The van der Waals surface area contributed by atoms with E-state index in [9.17, 15) is 13.5 Å². The molecule has 12 heteroatoms. The Bertz CT molecular complexity index is 1290. The SMILES string of the molecule is Cc1ccc(S(=O)(=O)/N=S(\C)c2ccc(Nc3ncc(Br)c(N[C@H](C)C(C)(C)O)n3)cc2)nc1. The van der Waals surface area contributed by atoms with E-state index in [0.717, 1.165) is 16.1 Å². The Balaban J connectivity index is 1.75. The lowest BCUT2D eigenvalue weighted by Crippen LogP contribution is -2.39. The summed E-state index contributed by atoms with van der Waals surface area (Å²) >= 11 is 3.42. The molecule has 0 bridgehead atoms. The van der Waals surface area contributed by atoms with Gasteiger partial charge in [0.15, 0.2) is 5.03 Å². The largest absolute Gasteiger partial charge is 0.388 e. The molecule has 1 aromatic carbocycles. The van der Waals surface area contributed by atoms with Gasteiger partial charge in [-0.25, -0.2) is 9.97 Å². The van der Waals surface area contributed by atoms with Crippen molar-refractivity contribution in [3.63, 3.8) is 0 Å². The van der Waals surface area contributed by atoms with Gasteiger partial charge >= 0.3 is 10.0 Å². The first-order chi connectivity index (χ1) is 15.8. The number of aromatic nitrogens is 3. The number of benzene rings is 1. The van der Waals surface area contributed by atoms with Gasteiger partial charge in [0.05, 0.1) is 16.1 Å². The molecule has 3 N–H and O–H groups in total. The third-order valence-corrected chi connectivity index (χ3v) is 8.95. The third-order valence-electron chi connectivity index (χ3n) is 4.97. The maximum Gasteiger partial charge on any atom is 0.305 e. The van der Waals surface area contributed by atoms with Crippen LogP contribution in [-0.2, 0) is 20.7 Å². The zero-order valence-corrected chi connectivity index (χ0v) is 22.7. The second kappa shape index (κ2) is 10.5. The van der Waals surface area contributed by atoms with Gasteiger partial charge in [0, 0.05) is 23.0 Å². The predicted octanol–water partition coefficient (Wildman–Crippen LogP) is 4.44. The minimum absolute atomic E-state index is 0.0635. The van der Waals surface area contributed by atoms with E-state index < -0.39 is 26.3 Å². The average Bonchev–Trinajstić information content (AvgIpc) is 2.76. The summed E-state index contributed by atoms with van der Waals surface area (Å²) < 4.78 is 29.8. The molecule has 0 amide bonds. The molecule has 0 saturated heterocycles. The van der Waals surface area contributed by atoms with Crippen molar-refractivity contribution in [3.05, 3.63) is 58.8 Å². The molecule has 0 aliphatic rings. The smallest absolute Gasteiger partial charge is 0.305 e. The van der Waals surface area contributed by atoms with Gasteiger partial charge < -0.3 is 15.7 Å². The van der Waals surface area contributed by atoms with Crippen LogP contribution in [-0.4, -0.2) is 46.4 Å². The molecule has 0 spiro atoms. The first kappa shape index (κ1) is 26.2. The number of nitrogens with one attached hydrogen (secondary N) is 2. The highest BCUT2D eigenvalue weighted by Crippen LogP contribution is 2.25. The fraction of sp³-hybridized carbons (Fsp3) is 0.318. The van der Waals surface area contributed by atoms with Crippen molar-refractivity contribution in [1.29, 1.82) is 0 Å². The number of pyridine rings is 1. The zero-order chi connectivity index (χ0) is 25.1. The second-order valence-electron chi connectivity index (χ2n) is 8.26. The van der Waals surface area contributed by atoms with Crippen molar-refractivity contribution in [3.8, 4) is 0 Å². The van der Waals surface area contributed by atoms with Gasteiger partial charge in [-0.3, -0.25) is 0 Å². The molecular formula is C22H27BrN6O3S2. The van der Waals surface area contributed by atoms with Gasteiger partial charge in [0.1, 0.15) is 5.82 Å². The van der Waals surface area contributed by atoms with Gasteiger partial charge in [0.2, 0.25) is 5.95 Å². The summed E-state index contributed by atoms with van der Waals surface area (Å²) in [5, 5.41) is 16.4. The molecule has 2 heterocycles. The molecule has 1 unspecified atom stereocenters. The highest BCUT2D eigenvalue weighted by molar-refractivity contribution is 9.10. The summed E-state index contributed by atoms with van der Waals surface area (Å²) in [6.07, 6.45) is 4.87. The van der Waals surface area contributed by atoms with E-state index in [1.165, 1.54) is 12.3 Å². The number of rotatable bonds is 8. The first-order valence-corrected chi connectivity index (χ1v) is 14.1. The van der Waals surface area contributed by atoms with Crippen molar-refractivity contribution in [1.82, 2.24) is 15.0 Å². The Labute approximate surface area is 210 Å². The molecule has 2 atom stereocenters. The highest BCUT2D eigenvalue weighted by Gasteiger charge is 2.23. The van der Waals surface area contributed by atoms with Crippen LogP contribution in [0.5, 0.6) is 0 Å². The number of aliphatic hydroxyl groups is 1. The number of sulfonamides is 1. The number of hydrogen-bond acceptors (Lipinski definition) is 8. The van der Waals surface area contributed by atoms with Crippen LogP contribution in [0.25, 0.3) is 0 Å². The number of anilines is 3. The lowest BCUT2D eigenvalue weighted by Gasteiger charge is -2.27. The van der Waals surface area contributed by atoms with E-state index in [1.807, 2.05) is 26.0 Å². The van der Waals surface area contributed by atoms with E-state index in [1.54, 1.807) is 44.5 Å². The molecule has 0 saturated carbocycles. The van der Waals surface area contributed by atoms with Gasteiger partial charge in [-0.1, -0.05) is 16.8 Å². The molecule has 3 rings (SSSR count). The standard InChI is InChI=1S/C22H27BrN6O3S2/c1-14-6-11-19(24-12-14)34(31,32)29-33(5)17-9-7-16(8-10-17)27-21-25-13-18(23)20(28-21)26-15(2)22(3,4)30/h6-13,15,30H,1-5H3,(H2,25,26,27,28)/t15-,33?/m1/s1. The minimum Gasteiger partial charge on any atom is -0.388 e. The van der Waals surface area contributed by atoms with E-state index in [4.69, 9.17) is 0 Å². The molecule has 2 aromatic heterocycles. The lowest BCUT2D eigenvalue weighted by atomic mass is 10.0. The quantitative estimate of drug-likeness (QED) is 0.365. The molecule has 182 valence electrons. The summed E-state index contributed by atoms with van der Waals surface area (Å²) in [6, 6.07) is 10.1. The summed E-state index contributed by atoms with van der Waals surface area (Å²) in [5.74, 6) is 0.919. The van der Waals surface area contributed by atoms with Gasteiger partial charge in [-0.15, -0.1) is 3.77 Å². The molecule has 0 fully saturated rings.